The third kappa shape index (κ3) is 2.40. The van der Waals surface area contributed by atoms with Crippen molar-refractivity contribution in [1.82, 2.24) is 9.97 Å². The zero-order valence-electron chi connectivity index (χ0n) is 16.1. The molecule has 3 aromatic heterocycles. The van der Waals surface area contributed by atoms with Gasteiger partial charge in [-0.15, -0.1) is 11.3 Å². The molecule has 0 unspecified atom stereocenters. The van der Waals surface area contributed by atoms with Crippen molar-refractivity contribution in [2.75, 3.05) is 0 Å². The second-order valence-corrected chi connectivity index (χ2v) is 8.98. The van der Waals surface area contributed by atoms with Crippen LogP contribution in [0.4, 0.5) is 0 Å². The van der Waals surface area contributed by atoms with Crippen LogP contribution in [0.25, 0.3) is 64.3 Å². The van der Waals surface area contributed by atoms with Gasteiger partial charge < -0.3 is 4.42 Å². The van der Waals surface area contributed by atoms with Crippen LogP contribution in [-0.2, 0) is 0 Å². The lowest BCUT2D eigenvalue weighted by Crippen LogP contribution is -1.91. The summed E-state index contributed by atoms with van der Waals surface area (Å²) in [5.74, 6) is 0. The Morgan fingerprint density at radius 3 is 2.29 bits per heavy atom. The van der Waals surface area contributed by atoms with E-state index in [9.17, 15) is 0 Å². The number of hydrogen-bond donors (Lipinski definition) is 0. The molecule has 0 saturated carbocycles. The molecule has 0 amide bonds. The number of halogens is 1. The van der Waals surface area contributed by atoms with E-state index >= 15 is 0 Å². The highest BCUT2D eigenvalue weighted by molar-refractivity contribution is 7.26. The van der Waals surface area contributed by atoms with Crippen LogP contribution >= 0.6 is 22.9 Å². The van der Waals surface area contributed by atoms with Crippen LogP contribution in [0, 0.1) is 0 Å². The lowest BCUT2D eigenvalue weighted by molar-refractivity contribution is 0.667. The summed E-state index contributed by atoms with van der Waals surface area (Å²) in [6, 6.07) is 27.1. The fraction of sp³-hybridized carbons (Fsp3) is 0. The first kappa shape index (κ1) is 17.2. The van der Waals surface area contributed by atoms with Gasteiger partial charge in [-0.2, -0.15) is 0 Å². The van der Waals surface area contributed by atoms with E-state index in [1.54, 1.807) is 11.3 Å². The van der Waals surface area contributed by atoms with E-state index in [0.717, 1.165) is 33.1 Å². The van der Waals surface area contributed by atoms with Crippen LogP contribution in [0.5, 0.6) is 0 Å². The third-order valence-electron chi connectivity index (χ3n) is 5.83. The molecule has 7 rings (SSSR count). The fourth-order valence-corrected chi connectivity index (χ4v) is 5.86. The molecule has 4 aromatic carbocycles. The molecule has 7 aromatic rings. The maximum absolute atomic E-state index is 6.40. The summed E-state index contributed by atoms with van der Waals surface area (Å²) in [6.45, 7) is 0. The molecule has 3 nitrogen and oxygen atoms in total. The second kappa shape index (κ2) is 6.27. The van der Waals surface area contributed by atoms with E-state index in [-0.39, 0.29) is 5.28 Å². The molecule has 3 heterocycles. The number of para-hydroxylation sites is 1. The van der Waals surface area contributed by atoms with Gasteiger partial charge in [0.1, 0.15) is 16.8 Å². The first-order chi connectivity index (χ1) is 15.3. The molecule has 0 aliphatic carbocycles. The van der Waals surface area contributed by atoms with Crippen molar-refractivity contribution in [3.8, 4) is 11.3 Å². The summed E-state index contributed by atoms with van der Waals surface area (Å²) < 4.78 is 8.72. The van der Waals surface area contributed by atoms with Gasteiger partial charge in [-0.1, -0.05) is 54.6 Å². The molecule has 31 heavy (non-hydrogen) atoms. The van der Waals surface area contributed by atoms with E-state index in [4.69, 9.17) is 16.0 Å². The van der Waals surface area contributed by atoms with Gasteiger partial charge in [0.05, 0.1) is 0 Å². The molecule has 0 saturated heterocycles. The lowest BCUT2D eigenvalue weighted by atomic mass is 9.97. The normalized spacial score (nSPS) is 12.0. The average molecular weight is 437 g/mol. The minimum atomic E-state index is 0.217. The van der Waals surface area contributed by atoms with Crippen molar-refractivity contribution in [2.24, 2.45) is 0 Å². The Hall–Kier alpha value is -3.47. The third-order valence-corrected chi connectivity index (χ3v) is 7.12. The number of rotatable bonds is 1. The molecular formula is C26H13ClN2OS. The summed E-state index contributed by atoms with van der Waals surface area (Å²) in [5.41, 5.74) is 3.91. The summed E-state index contributed by atoms with van der Waals surface area (Å²) in [4.78, 5) is 9.13. The Bertz CT molecular complexity index is 1820. The summed E-state index contributed by atoms with van der Waals surface area (Å²) in [7, 11) is 0. The van der Waals surface area contributed by atoms with Gasteiger partial charge in [0.15, 0.2) is 5.58 Å². The van der Waals surface area contributed by atoms with Crippen LogP contribution in [-0.4, -0.2) is 9.97 Å². The second-order valence-electron chi connectivity index (χ2n) is 7.56. The van der Waals surface area contributed by atoms with Crippen molar-refractivity contribution >= 4 is 76.0 Å². The van der Waals surface area contributed by atoms with Crippen molar-refractivity contribution in [2.45, 2.75) is 0 Å². The van der Waals surface area contributed by atoms with Gasteiger partial charge in [0.25, 0.3) is 0 Å². The quantitative estimate of drug-likeness (QED) is 0.243. The zero-order valence-corrected chi connectivity index (χ0v) is 17.7. The largest absolute Gasteiger partial charge is 0.452 e. The molecule has 0 atom stereocenters. The Morgan fingerprint density at radius 1 is 0.710 bits per heavy atom. The topological polar surface area (TPSA) is 38.9 Å². The van der Waals surface area contributed by atoms with E-state index in [1.165, 1.54) is 25.6 Å². The monoisotopic (exact) mass is 436 g/mol. The number of hydrogen-bond acceptors (Lipinski definition) is 4. The maximum Gasteiger partial charge on any atom is 0.223 e. The smallest absolute Gasteiger partial charge is 0.223 e. The van der Waals surface area contributed by atoms with Gasteiger partial charge in [-0.25, -0.2) is 9.97 Å². The number of furan rings is 1. The van der Waals surface area contributed by atoms with Crippen molar-refractivity contribution in [3.05, 3.63) is 84.1 Å². The minimum Gasteiger partial charge on any atom is -0.452 e. The number of benzene rings is 4. The highest BCUT2D eigenvalue weighted by Gasteiger charge is 2.20. The van der Waals surface area contributed by atoms with Crippen molar-refractivity contribution in [3.63, 3.8) is 0 Å². The molecule has 0 spiro atoms. The molecule has 5 heteroatoms. The van der Waals surface area contributed by atoms with Crippen LogP contribution in [0.1, 0.15) is 0 Å². The SMILES string of the molecule is Clc1nc(-c2cc3sc4ccccc4c3c3ccccc23)c2oc3ccccc3c2n1. The first-order valence-electron chi connectivity index (χ1n) is 9.96. The molecule has 0 aliphatic rings. The maximum atomic E-state index is 6.40. The van der Waals surface area contributed by atoms with E-state index in [2.05, 4.69) is 64.6 Å². The van der Waals surface area contributed by atoms with Gasteiger partial charge in [0, 0.05) is 31.1 Å². The Morgan fingerprint density at radius 2 is 1.42 bits per heavy atom. The van der Waals surface area contributed by atoms with Gasteiger partial charge in [-0.05, 0) is 46.6 Å². The predicted molar refractivity (Wildman–Crippen MR) is 130 cm³/mol. The highest BCUT2D eigenvalue weighted by Crippen LogP contribution is 2.44. The van der Waals surface area contributed by atoms with Gasteiger partial charge in [-0.3, -0.25) is 0 Å². The number of fused-ring (bicyclic) bond motifs is 8. The summed E-state index contributed by atoms with van der Waals surface area (Å²) in [5, 5.41) is 6.03. The number of aromatic nitrogens is 2. The standard InChI is InChI=1S/C26H13ClN2OS/c27-26-28-23-16-9-3-5-11-19(16)30-25(23)24(29-26)18-13-21-22(15-8-2-1-7-14(15)18)17-10-4-6-12-20(17)31-21/h1-13H. The number of thiophene rings is 1. The Balaban J connectivity index is 1.68. The van der Waals surface area contributed by atoms with Crippen molar-refractivity contribution in [1.29, 1.82) is 0 Å². The van der Waals surface area contributed by atoms with Crippen molar-refractivity contribution < 1.29 is 4.42 Å². The van der Waals surface area contributed by atoms with E-state index in [0.29, 0.717) is 5.58 Å². The summed E-state index contributed by atoms with van der Waals surface area (Å²) in [6.07, 6.45) is 0. The molecule has 0 aliphatic heterocycles. The average Bonchev–Trinajstić information content (AvgIpc) is 3.36. The zero-order chi connectivity index (χ0) is 20.5. The Labute approximate surface area is 185 Å². The molecule has 0 bridgehead atoms. The van der Waals surface area contributed by atoms with Gasteiger partial charge >= 0.3 is 0 Å². The van der Waals surface area contributed by atoms with Crippen LogP contribution in [0.2, 0.25) is 5.28 Å². The van der Waals surface area contributed by atoms with E-state index < -0.39 is 0 Å². The minimum absolute atomic E-state index is 0.217. The fourth-order valence-electron chi connectivity index (χ4n) is 4.53. The Kier molecular flexibility index (Phi) is 3.48. The molecule has 146 valence electrons. The summed E-state index contributed by atoms with van der Waals surface area (Å²) >= 11 is 8.20. The molecule has 0 fully saturated rings. The number of nitrogens with zero attached hydrogens (tertiary/aromatic N) is 2. The molecular weight excluding hydrogens is 424 g/mol. The molecule has 0 radical (unpaired) electrons. The highest BCUT2D eigenvalue weighted by atomic mass is 35.5. The first-order valence-corrected chi connectivity index (χ1v) is 11.2. The van der Waals surface area contributed by atoms with E-state index in [1.807, 2.05) is 24.3 Å². The predicted octanol–water partition coefficient (Wildman–Crippen LogP) is 8.22. The van der Waals surface area contributed by atoms with Crippen LogP contribution in [0.3, 0.4) is 0 Å². The van der Waals surface area contributed by atoms with Crippen LogP contribution in [0.15, 0.2) is 83.3 Å². The molecule has 0 N–H and O–H groups in total. The lowest BCUT2D eigenvalue weighted by Gasteiger charge is -2.09. The van der Waals surface area contributed by atoms with Gasteiger partial charge in [0.2, 0.25) is 5.28 Å². The van der Waals surface area contributed by atoms with Crippen LogP contribution < -0.4 is 0 Å².